The number of aromatic nitrogens is 4. The summed E-state index contributed by atoms with van der Waals surface area (Å²) >= 11 is 0. The van der Waals surface area contributed by atoms with E-state index in [-0.39, 0.29) is 0 Å². The molecule has 5 heteroatoms. The van der Waals surface area contributed by atoms with Crippen LogP contribution in [0.1, 0.15) is 25.1 Å². The summed E-state index contributed by atoms with van der Waals surface area (Å²) < 4.78 is 1.77. The van der Waals surface area contributed by atoms with Gasteiger partial charge < -0.3 is 0 Å². The van der Waals surface area contributed by atoms with Gasteiger partial charge in [-0.1, -0.05) is 0 Å². The predicted octanol–water partition coefficient (Wildman–Crippen LogP) is 0.848. The number of nitrogens with zero attached hydrogens (tertiary/aromatic N) is 5. The van der Waals surface area contributed by atoms with Crippen LogP contribution in [0.2, 0.25) is 0 Å². The van der Waals surface area contributed by atoms with Crippen molar-refractivity contribution >= 4 is 5.65 Å². The van der Waals surface area contributed by atoms with Crippen molar-refractivity contribution in [3.63, 3.8) is 0 Å². The van der Waals surface area contributed by atoms with Crippen molar-refractivity contribution in [3.8, 4) is 0 Å². The van der Waals surface area contributed by atoms with Crippen molar-refractivity contribution in [1.29, 1.82) is 0 Å². The second-order valence-electron chi connectivity index (χ2n) is 4.20. The molecule has 15 heavy (non-hydrogen) atoms. The fourth-order valence-corrected chi connectivity index (χ4v) is 2.01. The maximum absolute atomic E-state index is 4.48. The summed E-state index contributed by atoms with van der Waals surface area (Å²) in [6.45, 7) is 6.29. The summed E-state index contributed by atoms with van der Waals surface area (Å²) in [6, 6.07) is 0.557. The van der Waals surface area contributed by atoms with Gasteiger partial charge in [-0.2, -0.15) is 5.10 Å². The van der Waals surface area contributed by atoms with Crippen LogP contribution in [0.15, 0.2) is 12.7 Å². The molecule has 0 bridgehead atoms. The van der Waals surface area contributed by atoms with E-state index in [2.05, 4.69) is 33.8 Å². The first-order valence-electron chi connectivity index (χ1n) is 5.16. The van der Waals surface area contributed by atoms with Gasteiger partial charge >= 0.3 is 0 Å². The minimum absolute atomic E-state index is 0.557. The highest BCUT2D eigenvalue weighted by molar-refractivity contribution is 5.50. The summed E-state index contributed by atoms with van der Waals surface area (Å²) in [7, 11) is 0. The van der Waals surface area contributed by atoms with E-state index in [1.807, 2.05) is 0 Å². The Morgan fingerprint density at radius 3 is 3.00 bits per heavy atom. The van der Waals surface area contributed by atoms with E-state index in [4.69, 9.17) is 0 Å². The average Bonchev–Trinajstić information content (AvgIpc) is 2.73. The zero-order valence-corrected chi connectivity index (χ0v) is 8.88. The van der Waals surface area contributed by atoms with E-state index in [0.29, 0.717) is 6.04 Å². The molecule has 1 aliphatic rings. The zero-order chi connectivity index (χ0) is 10.4. The molecule has 5 nitrogen and oxygen atoms in total. The average molecular weight is 203 g/mol. The van der Waals surface area contributed by atoms with Crippen LogP contribution in [0.5, 0.6) is 0 Å². The molecule has 0 saturated carbocycles. The van der Waals surface area contributed by atoms with Crippen LogP contribution in [0.4, 0.5) is 0 Å². The molecule has 0 spiro atoms. The predicted molar refractivity (Wildman–Crippen MR) is 55.2 cm³/mol. The lowest BCUT2D eigenvalue weighted by atomic mass is 10.3. The highest BCUT2D eigenvalue weighted by Crippen LogP contribution is 2.25. The van der Waals surface area contributed by atoms with E-state index in [1.165, 1.54) is 5.56 Å². The van der Waals surface area contributed by atoms with Crippen molar-refractivity contribution in [2.75, 3.05) is 0 Å². The van der Waals surface area contributed by atoms with E-state index in [1.54, 1.807) is 17.2 Å². The Morgan fingerprint density at radius 1 is 1.33 bits per heavy atom. The lowest BCUT2D eigenvalue weighted by molar-refractivity contribution is 0.225. The summed E-state index contributed by atoms with van der Waals surface area (Å²) in [6.07, 6.45) is 3.29. The Kier molecular flexibility index (Phi) is 1.76. The van der Waals surface area contributed by atoms with Crippen molar-refractivity contribution < 1.29 is 0 Å². The number of fused-ring (bicyclic) bond motifs is 3. The van der Waals surface area contributed by atoms with Gasteiger partial charge in [-0.05, 0) is 13.8 Å². The molecule has 0 atom stereocenters. The smallest absolute Gasteiger partial charge is 0.163 e. The van der Waals surface area contributed by atoms with Crippen molar-refractivity contribution in [3.05, 3.63) is 23.9 Å². The SMILES string of the molecule is CC(C)N1Cc2nn3cncnc3c2C1. The first-order valence-corrected chi connectivity index (χ1v) is 5.16. The van der Waals surface area contributed by atoms with Gasteiger partial charge in [0.2, 0.25) is 0 Å². The third kappa shape index (κ3) is 1.23. The van der Waals surface area contributed by atoms with E-state index in [9.17, 15) is 0 Å². The first kappa shape index (κ1) is 8.79. The molecule has 2 aromatic heterocycles. The normalized spacial score (nSPS) is 16.5. The van der Waals surface area contributed by atoms with Crippen LogP contribution < -0.4 is 0 Å². The Hall–Kier alpha value is -1.49. The number of rotatable bonds is 1. The largest absolute Gasteiger partial charge is 0.291 e. The maximum atomic E-state index is 4.48. The number of hydrogen-bond donors (Lipinski definition) is 0. The van der Waals surface area contributed by atoms with Gasteiger partial charge in [0, 0.05) is 24.7 Å². The fraction of sp³-hybridized carbons (Fsp3) is 0.500. The van der Waals surface area contributed by atoms with E-state index >= 15 is 0 Å². The molecule has 0 saturated heterocycles. The zero-order valence-electron chi connectivity index (χ0n) is 8.88. The van der Waals surface area contributed by atoms with Crippen LogP contribution in [0, 0.1) is 0 Å². The quantitative estimate of drug-likeness (QED) is 0.689. The molecule has 0 unspecified atom stereocenters. The molecule has 3 rings (SSSR count). The minimum Gasteiger partial charge on any atom is -0.291 e. The first-order chi connectivity index (χ1) is 7.25. The molecule has 0 fully saturated rings. The lowest BCUT2D eigenvalue weighted by Gasteiger charge is -2.19. The van der Waals surface area contributed by atoms with Crippen LogP contribution in [-0.2, 0) is 13.1 Å². The molecular formula is C10H13N5. The summed E-state index contributed by atoms with van der Waals surface area (Å²) in [5.74, 6) is 0. The van der Waals surface area contributed by atoms with Crippen molar-refractivity contribution in [2.45, 2.75) is 33.0 Å². The summed E-state index contributed by atoms with van der Waals surface area (Å²) in [5, 5.41) is 4.48. The monoisotopic (exact) mass is 203 g/mol. The standard InChI is InChI=1S/C10H13N5/c1-7(2)14-3-8-9(4-14)13-15-6-11-5-12-10(8)15/h5-7H,3-4H2,1-2H3. The lowest BCUT2D eigenvalue weighted by Crippen LogP contribution is -2.25. The van der Waals surface area contributed by atoms with Gasteiger partial charge in [0.15, 0.2) is 5.65 Å². The second kappa shape index (κ2) is 3.00. The highest BCUT2D eigenvalue weighted by Gasteiger charge is 2.26. The molecule has 0 N–H and O–H groups in total. The molecule has 0 amide bonds. The van der Waals surface area contributed by atoms with Gasteiger partial charge in [0.25, 0.3) is 0 Å². The van der Waals surface area contributed by atoms with Crippen molar-refractivity contribution in [2.24, 2.45) is 0 Å². The van der Waals surface area contributed by atoms with Gasteiger partial charge in [0.1, 0.15) is 12.7 Å². The maximum Gasteiger partial charge on any atom is 0.163 e. The topological polar surface area (TPSA) is 46.3 Å². The van der Waals surface area contributed by atoms with Crippen LogP contribution >= 0.6 is 0 Å². The Labute approximate surface area is 87.8 Å². The van der Waals surface area contributed by atoms with Gasteiger partial charge in [-0.3, -0.25) is 4.90 Å². The van der Waals surface area contributed by atoms with E-state index < -0.39 is 0 Å². The van der Waals surface area contributed by atoms with Crippen LogP contribution in [-0.4, -0.2) is 30.5 Å². The van der Waals surface area contributed by atoms with Gasteiger partial charge in [0.05, 0.1) is 5.69 Å². The Balaban J connectivity index is 2.08. The summed E-state index contributed by atoms with van der Waals surface area (Å²) in [4.78, 5) is 10.6. The van der Waals surface area contributed by atoms with Crippen molar-refractivity contribution in [1.82, 2.24) is 24.5 Å². The Morgan fingerprint density at radius 2 is 2.20 bits per heavy atom. The molecule has 78 valence electrons. The molecule has 0 aliphatic carbocycles. The molecule has 2 aromatic rings. The highest BCUT2D eigenvalue weighted by atomic mass is 15.3. The molecule has 1 aliphatic heterocycles. The molecule has 0 radical (unpaired) electrons. The van der Waals surface area contributed by atoms with E-state index in [0.717, 1.165) is 24.4 Å². The molecule has 3 heterocycles. The Bertz CT molecular complexity index is 501. The van der Waals surface area contributed by atoms with Crippen LogP contribution in [0.3, 0.4) is 0 Å². The summed E-state index contributed by atoms with van der Waals surface area (Å²) in [5.41, 5.74) is 3.35. The third-order valence-corrected chi connectivity index (χ3v) is 2.93. The minimum atomic E-state index is 0.557. The van der Waals surface area contributed by atoms with Gasteiger partial charge in [-0.15, -0.1) is 0 Å². The molecular weight excluding hydrogens is 190 g/mol. The number of hydrogen-bond acceptors (Lipinski definition) is 4. The third-order valence-electron chi connectivity index (χ3n) is 2.93. The fourth-order valence-electron chi connectivity index (χ4n) is 2.01. The van der Waals surface area contributed by atoms with Crippen LogP contribution in [0.25, 0.3) is 5.65 Å². The van der Waals surface area contributed by atoms with Gasteiger partial charge in [-0.25, -0.2) is 14.5 Å². The molecule has 0 aromatic carbocycles. The second-order valence-corrected chi connectivity index (χ2v) is 4.20.